The summed E-state index contributed by atoms with van der Waals surface area (Å²) in [5, 5.41) is 0. The number of nitrogens with one attached hydrogen (secondary N) is 1. The molecular formula is C12H19N3S. The molecule has 0 unspecified atom stereocenters. The maximum atomic E-state index is 5.55. The monoisotopic (exact) mass is 237 g/mol. The largest absolute Gasteiger partial charge is 0.308 e. The third-order valence-corrected chi connectivity index (χ3v) is 2.74. The summed E-state index contributed by atoms with van der Waals surface area (Å²) in [7, 11) is 0. The van der Waals surface area contributed by atoms with Gasteiger partial charge in [-0.15, -0.1) is 11.8 Å². The summed E-state index contributed by atoms with van der Waals surface area (Å²) in [5.41, 5.74) is 3.59. The number of hydrogen-bond donors (Lipinski definition) is 2. The lowest BCUT2D eigenvalue weighted by Crippen LogP contribution is -2.34. The minimum absolute atomic E-state index is 0.146. The topological polar surface area (TPSA) is 50.4 Å². The Balaban J connectivity index is 3.19. The zero-order valence-electron chi connectivity index (χ0n) is 10.2. The summed E-state index contributed by atoms with van der Waals surface area (Å²) in [6.45, 7) is 6.14. The summed E-state index contributed by atoms with van der Waals surface area (Å²) >= 11 is 1.69. The Hall–Kier alpha value is -1.00. The molecule has 3 nitrogen and oxygen atoms in total. The normalized spacial score (nSPS) is 12.7. The van der Waals surface area contributed by atoms with Crippen molar-refractivity contribution in [3.05, 3.63) is 29.8 Å². The number of rotatable bonds is 2. The van der Waals surface area contributed by atoms with E-state index in [9.17, 15) is 0 Å². The number of hydrazine groups is 1. The summed E-state index contributed by atoms with van der Waals surface area (Å²) in [6, 6.07) is 8.09. The predicted octanol–water partition coefficient (Wildman–Crippen LogP) is 2.42. The zero-order valence-corrected chi connectivity index (χ0v) is 11.1. The second-order valence-electron chi connectivity index (χ2n) is 4.48. The van der Waals surface area contributed by atoms with E-state index >= 15 is 0 Å². The Bertz CT molecular complexity index is 380. The van der Waals surface area contributed by atoms with Gasteiger partial charge in [0.1, 0.15) is 5.84 Å². The fourth-order valence-corrected chi connectivity index (χ4v) is 1.95. The van der Waals surface area contributed by atoms with E-state index in [1.807, 2.05) is 45.2 Å². The van der Waals surface area contributed by atoms with Gasteiger partial charge >= 0.3 is 0 Å². The summed E-state index contributed by atoms with van der Waals surface area (Å²) in [4.78, 5) is 5.74. The van der Waals surface area contributed by atoms with Gasteiger partial charge in [0.2, 0.25) is 0 Å². The minimum Gasteiger partial charge on any atom is -0.308 e. The molecule has 0 saturated heterocycles. The van der Waals surface area contributed by atoms with Crippen molar-refractivity contribution in [3.8, 4) is 0 Å². The van der Waals surface area contributed by atoms with Crippen LogP contribution in [0.15, 0.2) is 34.2 Å². The van der Waals surface area contributed by atoms with E-state index in [1.54, 1.807) is 11.8 Å². The Morgan fingerprint density at radius 3 is 2.44 bits per heavy atom. The molecule has 0 radical (unpaired) electrons. The quantitative estimate of drug-likeness (QED) is 0.273. The van der Waals surface area contributed by atoms with Crippen LogP contribution in [0.2, 0.25) is 0 Å². The van der Waals surface area contributed by atoms with Gasteiger partial charge in [0.15, 0.2) is 0 Å². The van der Waals surface area contributed by atoms with Gasteiger partial charge < -0.3 is 5.43 Å². The molecular weight excluding hydrogens is 218 g/mol. The van der Waals surface area contributed by atoms with Crippen molar-refractivity contribution in [3.63, 3.8) is 0 Å². The molecule has 0 aliphatic carbocycles. The first-order valence-electron chi connectivity index (χ1n) is 5.18. The number of benzene rings is 1. The van der Waals surface area contributed by atoms with Crippen LogP contribution in [-0.2, 0) is 0 Å². The first-order valence-corrected chi connectivity index (χ1v) is 6.40. The van der Waals surface area contributed by atoms with Crippen LogP contribution in [0.5, 0.6) is 0 Å². The molecule has 1 aromatic carbocycles. The first kappa shape index (κ1) is 13.1. The molecule has 88 valence electrons. The molecule has 16 heavy (non-hydrogen) atoms. The Kier molecular flexibility index (Phi) is 4.38. The van der Waals surface area contributed by atoms with Gasteiger partial charge in [-0.1, -0.05) is 18.2 Å². The van der Waals surface area contributed by atoms with E-state index in [0.717, 1.165) is 11.4 Å². The van der Waals surface area contributed by atoms with Crippen molar-refractivity contribution in [1.29, 1.82) is 0 Å². The van der Waals surface area contributed by atoms with E-state index in [2.05, 4.69) is 16.5 Å². The summed E-state index contributed by atoms with van der Waals surface area (Å²) < 4.78 is 0. The van der Waals surface area contributed by atoms with E-state index in [0.29, 0.717) is 0 Å². The third kappa shape index (κ3) is 3.54. The molecule has 0 aliphatic rings. The summed E-state index contributed by atoms with van der Waals surface area (Å²) in [5.74, 6) is 6.28. The minimum atomic E-state index is -0.146. The summed E-state index contributed by atoms with van der Waals surface area (Å²) in [6.07, 6.45) is 2.05. The van der Waals surface area contributed by atoms with Gasteiger partial charge in [-0.25, -0.2) is 5.84 Å². The highest BCUT2D eigenvalue weighted by Gasteiger charge is 2.13. The molecule has 1 rings (SSSR count). The smallest absolute Gasteiger partial charge is 0.144 e. The van der Waals surface area contributed by atoms with Gasteiger partial charge in [-0.2, -0.15) is 0 Å². The maximum absolute atomic E-state index is 5.55. The molecule has 1 aromatic rings. The molecule has 0 atom stereocenters. The number of amidine groups is 1. The van der Waals surface area contributed by atoms with E-state index in [4.69, 9.17) is 5.84 Å². The lowest BCUT2D eigenvalue weighted by atomic mass is 10.1. The highest BCUT2D eigenvalue weighted by Crippen LogP contribution is 2.21. The van der Waals surface area contributed by atoms with Crippen LogP contribution in [-0.4, -0.2) is 17.6 Å². The average Bonchev–Trinajstić information content (AvgIpc) is 2.24. The van der Waals surface area contributed by atoms with Crippen LogP contribution in [0, 0.1) is 0 Å². The molecule has 4 heteroatoms. The Labute approximate surface area is 101 Å². The molecule has 0 heterocycles. The molecule has 0 saturated carbocycles. The highest BCUT2D eigenvalue weighted by atomic mass is 32.2. The average molecular weight is 237 g/mol. The van der Waals surface area contributed by atoms with Crippen LogP contribution < -0.4 is 11.3 Å². The molecule has 0 aliphatic heterocycles. The number of hydrogen-bond acceptors (Lipinski definition) is 3. The number of thioether (sulfide) groups is 1. The fourth-order valence-electron chi connectivity index (χ4n) is 1.35. The molecule has 0 fully saturated rings. The zero-order chi connectivity index (χ0) is 12.2. The maximum Gasteiger partial charge on any atom is 0.144 e. The van der Waals surface area contributed by atoms with Crippen molar-refractivity contribution in [2.45, 2.75) is 31.2 Å². The van der Waals surface area contributed by atoms with E-state index in [1.165, 1.54) is 4.90 Å². The van der Waals surface area contributed by atoms with Gasteiger partial charge in [-0.05, 0) is 33.1 Å². The van der Waals surface area contributed by atoms with Crippen molar-refractivity contribution < 1.29 is 0 Å². The Morgan fingerprint density at radius 2 is 1.94 bits per heavy atom. The number of nitrogens with zero attached hydrogens (tertiary/aromatic N) is 1. The van der Waals surface area contributed by atoms with Crippen molar-refractivity contribution in [1.82, 2.24) is 5.43 Å². The van der Waals surface area contributed by atoms with Crippen LogP contribution in [0.1, 0.15) is 26.3 Å². The van der Waals surface area contributed by atoms with Crippen molar-refractivity contribution >= 4 is 17.6 Å². The molecule has 0 bridgehead atoms. The first-order chi connectivity index (χ1) is 7.48. The van der Waals surface area contributed by atoms with Crippen LogP contribution >= 0.6 is 11.8 Å². The molecule has 0 amide bonds. The predicted molar refractivity (Wildman–Crippen MR) is 71.8 cm³/mol. The van der Waals surface area contributed by atoms with Crippen molar-refractivity contribution in [2.75, 3.05) is 6.26 Å². The van der Waals surface area contributed by atoms with Gasteiger partial charge in [0.25, 0.3) is 0 Å². The van der Waals surface area contributed by atoms with E-state index in [-0.39, 0.29) is 5.54 Å². The van der Waals surface area contributed by atoms with Gasteiger partial charge in [-0.3, -0.25) is 4.99 Å². The van der Waals surface area contributed by atoms with Crippen LogP contribution in [0.3, 0.4) is 0 Å². The number of aliphatic imine (C=N–C) groups is 1. The van der Waals surface area contributed by atoms with Crippen LogP contribution in [0.25, 0.3) is 0 Å². The second-order valence-corrected chi connectivity index (χ2v) is 5.32. The van der Waals surface area contributed by atoms with Crippen molar-refractivity contribution in [2.24, 2.45) is 10.8 Å². The molecule has 0 aromatic heterocycles. The molecule has 3 N–H and O–H groups in total. The molecule has 0 spiro atoms. The Morgan fingerprint density at radius 1 is 1.31 bits per heavy atom. The second kappa shape index (κ2) is 5.37. The standard InChI is InChI=1S/C12H19N3S/c1-12(2,3)14-11(15-13)9-7-5-6-8-10(9)16-4/h5-8H,13H2,1-4H3,(H,14,15). The lowest BCUT2D eigenvalue weighted by molar-refractivity contribution is 0.580. The lowest BCUT2D eigenvalue weighted by Gasteiger charge is -2.17. The van der Waals surface area contributed by atoms with E-state index < -0.39 is 0 Å². The number of nitrogens with two attached hydrogens (primary N) is 1. The van der Waals surface area contributed by atoms with Gasteiger partial charge in [0.05, 0.1) is 5.54 Å². The SMILES string of the molecule is CSc1ccccc1C(=NC(C)(C)C)NN. The van der Waals surface area contributed by atoms with Crippen LogP contribution in [0.4, 0.5) is 0 Å². The highest BCUT2D eigenvalue weighted by molar-refractivity contribution is 7.98. The van der Waals surface area contributed by atoms with Gasteiger partial charge in [0, 0.05) is 10.5 Å². The third-order valence-electron chi connectivity index (χ3n) is 1.95. The fraction of sp³-hybridized carbons (Fsp3) is 0.417.